The summed E-state index contributed by atoms with van der Waals surface area (Å²) in [6.45, 7) is -0.718. The lowest BCUT2D eigenvalue weighted by Crippen LogP contribution is -2.29. The Labute approximate surface area is 154 Å². The van der Waals surface area contributed by atoms with Crippen molar-refractivity contribution in [2.45, 2.75) is 0 Å². The van der Waals surface area contributed by atoms with Gasteiger partial charge in [-0.15, -0.1) is 12.4 Å². The number of amides is 1. The van der Waals surface area contributed by atoms with Crippen LogP contribution < -0.4 is 5.32 Å². The molecular weight excluding hydrogens is 393 g/mol. The number of aromatic nitrogens is 3. The maximum Gasteiger partial charge on any atom is 0.322 e. The number of hydrogen-bond acceptors (Lipinski definition) is 5. The van der Waals surface area contributed by atoms with E-state index < -0.39 is 52.7 Å². The number of carbonyl (C=O) groups is 2. The SMILES string of the molecule is Cl.O=C(O)CNC(=O)c1c(O)cc(-c2cc(F)cc(F)c2F)n2ncnc12. The van der Waals surface area contributed by atoms with Gasteiger partial charge in [0.1, 0.15) is 30.0 Å². The van der Waals surface area contributed by atoms with E-state index in [1.165, 1.54) is 0 Å². The van der Waals surface area contributed by atoms with Crippen molar-refractivity contribution in [2.24, 2.45) is 0 Å². The smallest absolute Gasteiger partial charge is 0.322 e. The van der Waals surface area contributed by atoms with E-state index in [0.29, 0.717) is 12.1 Å². The average Bonchev–Trinajstić information content (AvgIpc) is 3.04. The van der Waals surface area contributed by atoms with Gasteiger partial charge in [-0.25, -0.2) is 22.7 Å². The molecule has 0 aliphatic heterocycles. The van der Waals surface area contributed by atoms with Gasteiger partial charge in [-0.05, 0) is 6.07 Å². The number of aromatic hydroxyl groups is 1. The Kier molecular flexibility index (Phi) is 5.55. The molecule has 8 nitrogen and oxygen atoms in total. The fourth-order valence-electron chi connectivity index (χ4n) is 2.36. The summed E-state index contributed by atoms with van der Waals surface area (Å²) in [5.41, 5.74) is -1.50. The number of carboxylic acids is 1. The number of carboxylic acid groups (broad SMARTS) is 1. The Morgan fingerprint density at radius 2 is 1.89 bits per heavy atom. The minimum Gasteiger partial charge on any atom is -0.507 e. The van der Waals surface area contributed by atoms with Gasteiger partial charge in [-0.3, -0.25) is 9.59 Å². The monoisotopic (exact) mass is 402 g/mol. The van der Waals surface area contributed by atoms with Crippen molar-refractivity contribution in [3.63, 3.8) is 0 Å². The van der Waals surface area contributed by atoms with Crippen molar-refractivity contribution in [2.75, 3.05) is 6.54 Å². The number of aliphatic carboxylic acids is 1. The number of nitrogens with zero attached hydrogens (tertiary/aromatic N) is 3. The normalized spacial score (nSPS) is 10.5. The van der Waals surface area contributed by atoms with Crippen LogP contribution in [-0.4, -0.2) is 43.2 Å². The van der Waals surface area contributed by atoms with E-state index in [1.54, 1.807) is 0 Å². The fourth-order valence-corrected chi connectivity index (χ4v) is 2.36. The van der Waals surface area contributed by atoms with Gasteiger partial charge in [0.25, 0.3) is 5.91 Å². The zero-order valence-electron chi connectivity index (χ0n) is 13.1. The van der Waals surface area contributed by atoms with Crippen molar-refractivity contribution in [3.8, 4) is 17.0 Å². The predicted octanol–water partition coefficient (Wildman–Crippen LogP) is 1.76. The first-order valence-electron chi connectivity index (χ1n) is 7.00. The van der Waals surface area contributed by atoms with E-state index in [-0.39, 0.29) is 23.7 Å². The van der Waals surface area contributed by atoms with Crippen LogP contribution in [0.3, 0.4) is 0 Å². The topological polar surface area (TPSA) is 117 Å². The van der Waals surface area contributed by atoms with Crippen molar-refractivity contribution in [1.29, 1.82) is 0 Å². The highest BCUT2D eigenvalue weighted by molar-refractivity contribution is 6.04. The second kappa shape index (κ2) is 7.50. The third-order valence-electron chi connectivity index (χ3n) is 3.43. The van der Waals surface area contributed by atoms with Crippen molar-refractivity contribution in [3.05, 3.63) is 47.5 Å². The van der Waals surface area contributed by atoms with Crippen LogP contribution in [0.5, 0.6) is 5.75 Å². The Morgan fingerprint density at radius 3 is 2.56 bits per heavy atom. The molecule has 2 heterocycles. The summed E-state index contributed by atoms with van der Waals surface area (Å²) < 4.78 is 41.9. The van der Waals surface area contributed by atoms with Crippen LogP contribution in [0, 0.1) is 17.5 Å². The molecule has 3 aromatic rings. The molecule has 3 N–H and O–H groups in total. The van der Waals surface area contributed by atoms with Crippen LogP contribution in [0.15, 0.2) is 24.5 Å². The zero-order valence-corrected chi connectivity index (χ0v) is 13.9. The molecule has 0 atom stereocenters. The average molecular weight is 403 g/mol. The number of hydrogen-bond donors (Lipinski definition) is 3. The van der Waals surface area contributed by atoms with Gasteiger partial charge in [0.2, 0.25) is 0 Å². The number of carbonyl (C=O) groups excluding carboxylic acids is 1. The molecule has 0 radical (unpaired) electrons. The number of halogens is 4. The van der Waals surface area contributed by atoms with E-state index in [2.05, 4.69) is 10.1 Å². The zero-order chi connectivity index (χ0) is 19.0. The van der Waals surface area contributed by atoms with E-state index in [4.69, 9.17) is 5.11 Å². The van der Waals surface area contributed by atoms with E-state index in [9.17, 15) is 27.9 Å². The Morgan fingerprint density at radius 1 is 1.19 bits per heavy atom. The highest BCUT2D eigenvalue weighted by atomic mass is 35.5. The summed E-state index contributed by atoms with van der Waals surface area (Å²) in [4.78, 5) is 26.4. The molecule has 0 saturated heterocycles. The number of pyridine rings is 1. The first kappa shape index (κ1) is 20.0. The Balaban J connectivity index is 0.00000261. The molecular formula is C15H10ClF3N4O4. The van der Waals surface area contributed by atoms with Gasteiger partial charge in [0.15, 0.2) is 17.3 Å². The van der Waals surface area contributed by atoms with Gasteiger partial charge >= 0.3 is 5.97 Å². The number of nitrogens with one attached hydrogen (secondary N) is 1. The molecule has 1 amide bonds. The van der Waals surface area contributed by atoms with E-state index >= 15 is 0 Å². The van der Waals surface area contributed by atoms with Crippen molar-refractivity contribution in [1.82, 2.24) is 19.9 Å². The number of benzene rings is 1. The quantitative estimate of drug-likeness (QED) is 0.572. The summed E-state index contributed by atoms with van der Waals surface area (Å²) in [6, 6.07) is 1.91. The van der Waals surface area contributed by atoms with Gasteiger partial charge < -0.3 is 15.5 Å². The lowest BCUT2D eigenvalue weighted by Gasteiger charge is -2.11. The van der Waals surface area contributed by atoms with Crippen molar-refractivity contribution >= 4 is 29.9 Å². The summed E-state index contributed by atoms with van der Waals surface area (Å²) in [5.74, 6) is -6.88. The fraction of sp³-hybridized carbons (Fsp3) is 0.0667. The lowest BCUT2D eigenvalue weighted by atomic mass is 10.1. The first-order chi connectivity index (χ1) is 12.3. The summed E-state index contributed by atoms with van der Waals surface area (Å²) in [6.07, 6.45) is 0.972. The molecule has 0 saturated carbocycles. The molecule has 0 bridgehead atoms. The van der Waals surface area contributed by atoms with Crippen LogP contribution in [0.4, 0.5) is 13.2 Å². The molecule has 1 aromatic carbocycles. The van der Waals surface area contributed by atoms with Crippen LogP contribution in [0.2, 0.25) is 0 Å². The molecule has 27 heavy (non-hydrogen) atoms. The second-order valence-corrected chi connectivity index (χ2v) is 5.11. The summed E-state index contributed by atoms with van der Waals surface area (Å²) in [5, 5.41) is 24.5. The van der Waals surface area contributed by atoms with Gasteiger partial charge in [-0.2, -0.15) is 5.10 Å². The van der Waals surface area contributed by atoms with Gasteiger partial charge in [-0.1, -0.05) is 0 Å². The van der Waals surface area contributed by atoms with Crippen LogP contribution >= 0.6 is 12.4 Å². The highest BCUT2D eigenvalue weighted by Crippen LogP contribution is 2.31. The second-order valence-electron chi connectivity index (χ2n) is 5.11. The van der Waals surface area contributed by atoms with E-state index in [0.717, 1.165) is 16.9 Å². The van der Waals surface area contributed by atoms with Crippen LogP contribution in [0.25, 0.3) is 16.9 Å². The van der Waals surface area contributed by atoms with Crippen LogP contribution in [0.1, 0.15) is 10.4 Å². The minimum atomic E-state index is -1.45. The third kappa shape index (κ3) is 3.62. The lowest BCUT2D eigenvalue weighted by molar-refractivity contribution is -0.135. The predicted molar refractivity (Wildman–Crippen MR) is 87.2 cm³/mol. The van der Waals surface area contributed by atoms with Crippen molar-refractivity contribution < 1.29 is 33.0 Å². The summed E-state index contributed by atoms with van der Waals surface area (Å²) in [7, 11) is 0. The summed E-state index contributed by atoms with van der Waals surface area (Å²) >= 11 is 0. The number of rotatable bonds is 4. The standard InChI is InChI=1S/C15H9F3N4O4.ClH/c16-6-1-7(13(18)8(17)2-6)9-3-10(23)12(14-20-5-21-22(9)14)15(26)19-4-11(24)25;/h1-3,5,23H,4H2,(H,19,26)(H,24,25);1H. The van der Waals surface area contributed by atoms with E-state index in [1.807, 2.05) is 5.32 Å². The third-order valence-corrected chi connectivity index (χ3v) is 3.43. The molecule has 0 aliphatic rings. The minimum absolute atomic E-state index is 0. The molecule has 142 valence electrons. The maximum atomic E-state index is 14.1. The van der Waals surface area contributed by atoms with Crippen LogP contribution in [-0.2, 0) is 4.79 Å². The molecule has 3 rings (SSSR count). The Bertz CT molecular complexity index is 1060. The molecule has 0 unspecified atom stereocenters. The molecule has 0 fully saturated rings. The molecule has 12 heteroatoms. The van der Waals surface area contributed by atoms with Gasteiger partial charge in [0, 0.05) is 17.7 Å². The Hall–Kier alpha value is -3.34. The van der Waals surface area contributed by atoms with Gasteiger partial charge in [0.05, 0.1) is 5.69 Å². The molecule has 2 aromatic heterocycles. The molecule has 0 aliphatic carbocycles. The number of fused-ring (bicyclic) bond motifs is 1. The highest BCUT2D eigenvalue weighted by Gasteiger charge is 2.23. The maximum absolute atomic E-state index is 14.1. The first-order valence-corrected chi connectivity index (χ1v) is 7.00. The largest absolute Gasteiger partial charge is 0.507 e. The molecule has 0 spiro atoms.